The second-order valence-electron chi connectivity index (χ2n) is 7.76. The van der Waals surface area contributed by atoms with Gasteiger partial charge < -0.3 is 15.1 Å². The number of fused-ring (bicyclic) bond motifs is 1. The van der Waals surface area contributed by atoms with Crippen molar-refractivity contribution in [2.75, 3.05) is 37.6 Å². The number of halogens is 1. The molecule has 3 heterocycles. The van der Waals surface area contributed by atoms with Crippen molar-refractivity contribution in [1.29, 1.82) is 0 Å². The summed E-state index contributed by atoms with van der Waals surface area (Å²) in [6.45, 7) is 4.40. The molecule has 0 atom stereocenters. The monoisotopic (exact) mass is 437 g/mol. The van der Waals surface area contributed by atoms with Gasteiger partial charge in [-0.05, 0) is 42.8 Å². The van der Waals surface area contributed by atoms with Crippen molar-refractivity contribution in [3.63, 3.8) is 0 Å². The van der Waals surface area contributed by atoms with Crippen LogP contribution in [0.15, 0.2) is 53.6 Å². The van der Waals surface area contributed by atoms with Crippen LogP contribution in [0.4, 0.5) is 10.1 Å². The third-order valence-electron chi connectivity index (χ3n) is 5.54. The van der Waals surface area contributed by atoms with Crippen LogP contribution < -0.4 is 15.8 Å². The lowest BCUT2D eigenvalue weighted by Gasteiger charge is -2.36. The summed E-state index contributed by atoms with van der Waals surface area (Å²) in [5.74, 6) is -0.887. The van der Waals surface area contributed by atoms with Gasteiger partial charge in [-0.25, -0.2) is 9.37 Å². The van der Waals surface area contributed by atoms with Gasteiger partial charge in [0.2, 0.25) is 5.91 Å². The number of hydrogen-bond donors (Lipinski definition) is 1. The molecule has 0 radical (unpaired) electrons. The molecule has 2 aromatic heterocycles. The quantitative estimate of drug-likeness (QED) is 0.656. The highest BCUT2D eigenvalue weighted by Gasteiger charge is 2.21. The molecule has 4 rings (SSSR count). The zero-order valence-corrected chi connectivity index (χ0v) is 17.8. The van der Waals surface area contributed by atoms with E-state index in [9.17, 15) is 18.8 Å². The van der Waals surface area contributed by atoms with Gasteiger partial charge in [-0.2, -0.15) is 0 Å². The van der Waals surface area contributed by atoms with Crippen LogP contribution in [0, 0.1) is 12.7 Å². The first-order chi connectivity index (χ1) is 15.4. The molecule has 0 spiro atoms. The number of carbonyl (C=O) groups is 2. The molecule has 1 aromatic carbocycles. The van der Waals surface area contributed by atoms with Crippen LogP contribution in [-0.4, -0.2) is 58.8 Å². The molecular weight excluding hydrogens is 413 g/mol. The van der Waals surface area contributed by atoms with Gasteiger partial charge in [0.05, 0.1) is 0 Å². The van der Waals surface area contributed by atoms with E-state index in [4.69, 9.17) is 0 Å². The SMILES string of the molecule is Cc1ccc2ncc(C(=O)NCCC(=O)N3CCN(c4ccc(F)cc4)CC3)c(=O)n2c1. The van der Waals surface area contributed by atoms with Crippen molar-refractivity contribution >= 4 is 23.1 Å². The third-order valence-corrected chi connectivity index (χ3v) is 5.54. The Labute approximate surface area is 184 Å². The summed E-state index contributed by atoms with van der Waals surface area (Å²) in [4.78, 5) is 45.6. The Balaban J connectivity index is 1.28. The second kappa shape index (κ2) is 9.17. The third kappa shape index (κ3) is 4.61. The van der Waals surface area contributed by atoms with E-state index in [-0.39, 0.29) is 30.3 Å². The molecule has 0 saturated carbocycles. The van der Waals surface area contributed by atoms with E-state index in [0.29, 0.717) is 31.8 Å². The highest BCUT2D eigenvalue weighted by molar-refractivity contribution is 5.94. The molecule has 1 saturated heterocycles. The molecule has 3 aromatic rings. The van der Waals surface area contributed by atoms with Crippen molar-refractivity contribution in [3.05, 3.63) is 76.1 Å². The Morgan fingerprint density at radius 3 is 2.50 bits per heavy atom. The average Bonchev–Trinajstić information content (AvgIpc) is 2.80. The fourth-order valence-corrected chi connectivity index (χ4v) is 3.74. The molecule has 0 aliphatic carbocycles. The van der Waals surface area contributed by atoms with E-state index in [2.05, 4.69) is 15.2 Å². The Kier molecular flexibility index (Phi) is 6.16. The maximum Gasteiger partial charge on any atom is 0.270 e. The number of carbonyl (C=O) groups excluding carboxylic acids is 2. The van der Waals surface area contributed by atoms with Crippen LogP contribution in [-0.2, 0) is 4.79 Å². The van der Waals surface area contributed by atoms with Gasteiger partial charge in [0.1, 0.15) is 17.0 Å². The summed E-state index contributed by atoms with van der Waals surface area (Å²) in [5, 5.41) is 2.64. The van der Waals surface area contributed by atoms with Crippen LogP contribution in [0.1, 0.15) is 22.3 Å². The summed E-state index contributed by atoms with van der Waals surface area (Å²) >= 11 is 0. The Hall–Kier alpha value is -3.75. The van der Waals surface area contributed by atoms with Gasteiger partial charge in [0, 0.05) is 57.2 Å². The first-order valence-electron chi connectivity index (χ1n) is 10.5. The molecule has 32 heavy (non-hydrogen) atoms. The minimum atomic E-state index is -0.549. The van der Waals surface area contributed by atoms with Crippen LogP contribution in [0.25, 0.3) is 5.65 Å². The average molecular weight is 437 g/mol. The molecule has 0 bridgehead atoms. The standard InChI is InChI=1S/C23H24FN5O3/c1-16-2-7-20-26-14-19(23(32)29(20)15-16)22(31)25-9-8-21(30)28-12-10-27(11-13-28)18-5-3-17(24)4-6-18/h2-7,14-15H,8-13H2,1H3,(H,25,31). The number of pyridine rings is 1. The number of benzene rings is 1. The first kappa shape index (κ1) is 21.5. The van der Waals surface area contributed by atoms with Crippen LogP contribution in [0.5, 0.6) is 0 Å². The smallest absolute Gasteiger partial charge is 0.270 e. The number of anilines is 1. The van der Waals surface area contributed by atoms with E-state index in [0.717, 1.165) is 11.3 Å². The molecule has 1 fully saturated rings. The van der Waals surface area contributed by atoms with Gasteiger partial charge in [0.15, 0.2) is 0 Å². The zero-order chi connectivity index (χ0) is 22.7. The summed E-state index contributed by atoms with van der Waals surface area (Å²) in [6.07, 6.45) is 3.04. The summed E-state index contributed by atoms with van der Waals surface area (Å²) < 4.78 is 14.4. The Morgan fingerprint density at radius 1 is 1.06 bits per heavy atom. The number of amides is 2. The highest BCUT2D eigenvalue weighted by Crippen LogP contribution is 2.17. The number of rotatable bonds is 5. The molecule has 9 heteroatoms. The van der Waals surface area contributed by atoms with Gasteiger partial charge in [-0.3, -0.25) is 18.8 Å². The molecule has 0 unspecified atom stereocenters. The molecule has 166 valence electrons. The van der Waals surface area contributed by atoms with Gasteiger partial charge in [0.25, 0.3) is 11.5 Å². The van der Waals surface area contributed by atoms with Crippen LogP contribution in [0.3, 0.4) is 0 Å². The largest absolute Gasteiger partial charge is 0.368 e. The molecule has 2 amide bonds. The van der Waals surface area contributed by atoms with E-state index in [1.807, 2.05) is 13.0 Å². The lowest BCUT2D eigenvalue weighted by atomic mass is 10.2. The van der Waals surface area contributed by atoms with Crippen molar-refractivity contribution in [2.24, 2.45) is 0 Å². The van der Waals surface area contributed by atoms with E-state index >= 15 is 0 Å². The topological polar surface area (TPSA) is 87.0 Å². The number of aromatic nitrogens is 2. The second-order valence-corrected chi connectivity index (χ2v) is 7.76. The first-order valence-corrected chi connectivity index (χ1v) is 10.5. The summed E-state index contributed by atoms with van der Waals surface area (Å²) in [7, 11) is 0. The van der Waals surface area contributed by atoms with Crippen molar-refractivity contribution in [2.45, 2.75) is 13.3 Å². The van der Waals surface area contributed by atoms with Crippen molar-refractivity contribution < 1.29 is 14.0 Å². The number of hydrogen-bond acceptors (Lipinski definition) is 5. The molecule has 1 aliphatic rings. The number of nitrogens with zero attached hydrogens (tertiary/aromatic N) is 4. The Bertz CT molecular complexity index is 1200. The molecule has 1 aliphatic heterocycles. The van der Waals surface area contributed by atoms with Crippen molar-refractivity contribution in [1.82, 2.24) is 19.6 Å². The normalized spacial score (nSPS) is 13.9. The molecule has 8 nitrogen and oxygen atoms in total. The Morgan fingerprint density at radius 2 is 1.78 bits per heavy atom. The molecular formula is C23H24FN5O3. The van der Waals surface area contributed by atoms with Gasteiger partial charge in [-0.1, -0.05) is 6.07 Å². The minimum Gasteiger partial charge on any atom is -0.368 e. The predicted octanol–water partition coefficient (Wildman–Crippen LogP) is 1.61. The van der Waals surface area contributed by atoms with E-state index in [1.165, 1.54) is 22.7 Å². The van der Waals surface area contributed by atoms with Crippen molar-refractivity contribution in [3.8, 4) is 0 Å². The fraction of sp³-hybridized carbons (Fsp3) is 0.304. The van der Waals surface area contributed by atoms with Crippen LogP contribution >= 0.6 is 0 Å². The van der Waals surface area contributed by atoms with Crippen LogP contribution in [0.2, 0.25) is 0 Å². The number of nitrogens with one attached hydrogen (secondary N) is 1. The number of aryl methyl sites for hydroxylation is 1. The van der Waals surface area contributed by atoms with Gasteiger partial charge in [-0.15, -0.1) is 0 Å². The van der Waals surface area contributed by atoms with E-state index < -0.39 is 11.5 Å². The van der Waals surface area contributed by atoms with E-state index in [1.54, 1.807) is 29.3 Å². The maximum absolute atomic E-state index is 13.1. The minimum absolute atomic E-state index is 0.0616. The summed E-state index contributed by atoms with van der Waals surface area (Å²) in [6, 6.07) is 9.86. The number of piperazine rings is 1. The summed E-state index contributed by atoms with van der Waals surface area (Å²) in [5.41, 5.74) is 1.76. The highest BCUT2D eigenvalue weighted by atomic mass is 19.1. The lowest BCUT2D eigenvalue weighted by molar-refractivity contribution is -0.131. The maximum atomic E-state index is 13.1. The predicted molar refractivity (Wildman–Crippen MR) is 118 cm³/mol. The zero-order valence-electron chi connectivity index (χ0n) is 17.8. The lowest BCUT2D eigenvalue weighted by Crippen LogP contribution is -2.49. The fourth-order valence-electron chi connectivity index (χ4n) is 3.74. The van der Waals surface area contributed by atoms with Gasteiger partial charge >= 0.3 is 0 Å². The molecule has 1 N–H and O–H groups in total.